The number of rotatable bonds is 8. The van der Waals surface area contributed by atoms with Crippen molar-refractivity contribution in [3.05, 3.63) is 91.3 Å². The van der Waals surface area contributed by atoms with Crippen molar-refractivity contribution in [1.29, 1.82) is 0 Å². The summed E-state index contributed by atoms with van der Waals surface area (Å²) in [6.45, 7) is 0. The van der Waals surface area contributed by atoms with Gasteiger partial charge in [0.25, 0.3) is 11.6 Å². The molecule has 0 bridgehead atoms. The fourth-order valence-corrected chi connectivity index (χ4v) is 4.28. The van der Waals surface area contributed by atoms with E-state index in [0.29, 0.717) is 12.2 Å². The summed E-state index contributed by atoms with van der Waals surface area (Å²) in [5.41, 5.74) is -2.70. The van der Waals surface area contributed by atoms with Crippen LogP contribution in [0.2, 0.25) is 0 Å². The lowest BCUT2D eigenvalue weighted by atomic mass is 9.98. The van der Waals surface area contributed by atoms with Gasteiger partial charge in [-0.25, -0.2) is 0 Å². The van der Waals surface area contributed by atoms with Crippen LogP contribution in [0.15, 0.2) is 70.4 Å². The molecule has 0 aliphatic rings. The van der Waals surface area contributed by atoms with Gasteiger partial charge in [-0.15, -0.1) is 22.7 Å². The summed E-state index contributed by atoms with van der Waals surface area (Å²) >= 11 is 1.63. The molecule has 0 spiro atoms. The van der Waals surface area contributed by atoms with Crippen LogP contribution in [0.5, 0.6) is 0 Å². The van der Waals surface area contributed by atoms with Gasteiger partial charge in [0.1, 0.15) is 0 Å². The van der Waals surface area contributed by atoms with E-state index in [-0.39, 0.29) is 20.9 Å². The van der Waals surface area contributed by atoms with Gasteiger partial charge >= 0.3 is 12.4 Å². The number of halogens is 6. The summed E-state index contributed by atoms with van der Waals surface area (Å²) in [4.78, 5) is 48.8. The largest absolute Gasteiger partial charge is 0.455 e. The molecule has 0 radical (unpaired) electrons. The minimum Gasteiger partial charge on any atom is -0.288 e. The number of allylic oxidation sites excluding steroid dienone is 2. The summed E-state index contributed by atoms with van der Waals surface area (Å²) in [5.74, 6) is -7.17. The molecule has 0 amide bonds. The standard InChI is InChI=1S/C24H12F6O4S2/c25-23(26,27)21(33)15(19(31)17-6-2-8-35-17)11-13-4-1-5-14(10-13)12-16(22(34)24(28,29)30)20(32)18-7-3-9-36-18/h1-12H/b15-11-,16-12+. The first kappa shape index (κ1) is 27.0. The van der Waals surface area contributed by atoms with Gasteiger partial charge in [0.2, 0.25) is 11.6 Å². The molecule has 3 aromatic rings. The lowest BCUT2D eigenvalue weighted by Gasteiger charge is -2.10. The second-order valence-corrected chi connectivity index (χ2v) is 8.95. The van der Waals surface area contributed by atoms with Crippen LogP contribution in [-0.4, -0.2) is 35.5 Å². The molecular formula is C24H12F6O4S2. The SMILES string of the molecule is O=C(/C(=C\c1cccc(/C=C(/C(=O)c2cccs2)C(=O)C(F)(F)F)c1)C(=O)C(F)(F)F)c1cccs1. The monoisotopic (exact) mass is 542 g/mol. The first-order valence-electron chi connectivity index (χ1n) is 9.72. The van der Waals surface area contributed by atoms with E-state index in [1.807, 2.05) is 0 Å². The first-order valence-corrected chi connectivity index (χ1v) is 11.5. The Kier molecular flexibility index (Phi) is 7.89. The van der Waals surface area contributed by atoms with E-state index in [4.69, 9.17) is 0 Å². The Morgan fingerprint density at radius 1 is 0.611 bits per heavy atom. The number of carbonyl (C=O) groups excluding carboxylic acids is 4. The molecule has 0 atom stereocenters. The average Bonchev–Trinajstić information content (AvgIpc) is 3.53. The van der Waals surface area contributed by atoms with Gasteiger partial charge in [0.05, 0.1) is 20.9 Å². The maximum absolute atomic E-state index is 13.2. The second kappa shape index (κ2) is 10.5. The molecule has 0 fully saturated rings. The number of Topliss-reactive ketones (excluding diaryl/α,β-unsaturated/α-hetero) is 4. The summed E-state index contributed by atoms with van der Waals surface area (Å²) in [6.07, 6.45) is -9.42. The average molecular weight is 542 g/mol. The second-order valence-electron chi connectivity index (χ2n) is 7.05. The van der Waals surface area contributed by atoms with Crippen LogP contribution in [0, 0.1) is 0 Å². The molecule has 186 valence electrons. The zero-order chi connectivity index (χ0) is 26.7. The summed E-state index contributed by atoms with van der Waals surface area (Å²) in [5, 5.41) is 2.86. The zero-order valence-corrected chi connectivity index (χ0v) is 19.3. The van der Waals surface area contributed by atoms with Crippen LogP contribution in [0.4, 0.5) is 26.3 Å². The van der Waals surface area contributed by atoms with Crippen molar-refractivity contribution in [2.75, 3.05) is 0 Å². The third-order valence-electron chi connectivity index (χ3n) is 4.52. The third-order valence-corrected chi connectivity index (χ3v) is 6.25. The van der Waals surface area contributed by atoms with Crippen molar-refractivity contribution in [1.82, 2.24) is 0 Å². The molecule has 2 aromatic heterocycles. The number of benzene rings is 1. The van der Waals surface area contributed by atoms with Crippen molar-refractivity contribution in [3.63, 3.8) is 0 Å². The molecule has 12 heteroatoms. The number of carbonyl (C=O) groups is 4. The Balaban J connectivity index is 2.10. The Morgan fingerprint density at radius 3 is 1.31 bits per heavy atom. The molecule has 1 aromatic carbocycles. The van der Waals surface area contributed by atoms with Crippen molar-refractivity contribution >= 4 is 58.0 Å². The molecular weight excluding hydrogens is 530 g/mol. The van der Waals surface area contributed by atoms with Crippen molar-refractivity contribution in [3.8, 4) is 0 Å². The summed E-state index contributed by atoms with van der Waals surface area (Å²) in [6, 6.07) is 9.93. The quantitative estimate of drug-likeness (QED) is 0.106. The molecule has 0 aliphatic carbocycles. The third kappa shape index (κ3) is 6.32. The highest BCUT2D eigenvalue weighted by Gasteiger charge is 2.44. The number of thiophene rings is 2. The van der Waals surface area contributed by atoms with E-state index in [0.717, 1.165) is 28.7 Å². The van der Waals surface area contributed by atoms with Crippen LogP contribution >= 0.6 is 22.7 Å². The van der Waals surface area contributed by atoms with Crippen molar-refractivity contribution in [2.24, 2.45) is 0 Å². The van der Waals surface area contributed by atoms with Crippen LogP contribution in [0.3, 0.4) is 0 Å². The molecule has 0 N–H and O–H groups in total. The predicted octanol–water partition coefficient (Wildman–Crippen LogP) is 6.61. The minimum atomic E-state index is -5.37. The molecule has 0 aliphatic heterocycles. The molecule has 0 saturated carbocycles. The van der Waals surface area contributed by atoms with E-state index in [1.54, 1.807) is 0 Å². The van der Waals surface area contributed by atoms with Gasteiger partial charge in [-0.1, -0.05) is 30.3 Å². The molecule has 3 rings (SSSR count). The van der Waals surface area contributed by atoms with E-state index in [1.165, 1.54) is 53.2 Å². The number of hydrogen-bond acceptors (Lipinski definition) is 6. The maximum Gasteiger partial charge on any atom is 0.455 e. The molecule has 4 nitrogen and oxygen atoms in total. The lowest BCUT2D eigenvalue weighted by molar-refractivity contribution is -0.166. The van der Waals surface area contributed by atoms with E-state index < -0.39 is 46.6 Å². The topological polar surface area (TPSA) is 68.3 Å². The predicted molar refractivity (Wildman–Crippen MR) is 122 cm³/mol. The Bertz CT molecular complexity index is 1260. The van der Waals surface area contributed by atoms with E-state index in [9.17, 15) is 45.5 Å². The van der Waals surface area contributed by atoms with Gasteiger partial charge in [-0.3, -0.25) is 19.2 Å². The molecule has 36 heavy (non-hydrogen) atoms. The highest BCUT2D eigenvalue weighted by atomic mass is 32.1. The van der Waals surface area contributed by atoms with Crippen molar-refractivity contribution in [2.45, 2.75) is 12.4 Å². The van der Waals surface area contributed by atoms with Gasteiger partial charge in [0.15, 0.2) is 0 Å². The molecule has 2 heterocycles. The first-order chi connectivity index (χ1) is 16.8. The van der Waals surface area contributed by atoms with Gasteiger partial charge < -0.3 is 0 Å². The smallest absolute Gasteiger partial charge is 0.288 e. The molecule has 0 unspecified atom stereocenters. The highest BCUT2D eigenvalue weighted by molar-refractivity contribution is 7.12. The molecule has 0 saturated heterocycles. The zero-order valence-electron chi connectivity index (χ0n) is 17.6. The van der Waals surface area contributed by atoms with Crippen molar-refractivity contribution < 1.29 is 45.5 Å². The normalized spacial score (nSPS) is 12.9. The van der Waals surface area contributed by atoms with E-state index in [2.05, 4.69) is 0 Å². The van der Waals surface area contributed by atoms with Gasteiger partial charge in [-0.05, 0) is 52.2 Å². The van der Waals surface area contributed by atoms with E-state index >= 15 is 0 Å². The van der Waals surface area contributed by atoms with Crippen LogP contribution in [0.25, 0.3) is 12.2 Å². The van der Waals surface area contributed by atoms with Crippen LogP contribution < -0.4 is 0 Å². The number of alkyl halides is 6. The van der Waals surface area contributed by atoms with Crippen LogP contribution in [0.1, 0.15) is 30.5 Å². The Labute approximate surface area is 207 Å². The fraction of sp³-hybridized carbons (Fsp3) is 0.0833. The number of ketones is 4. The maximum atomic E-state index is 13.2. The lowest BCUT2D eigenvalue weighted by Crippen LogP contribution is -2.28. The summed E-state index contributed by atoms with van der Waals surface area (Å²) in [7, 11) is 0. The minimum absolute atomic E-state index is 0.130. The fourth-order valence-electron chi connectivity index (χ4n) is 2.93. The summed E-state index contributed by atoms with van der Waals surface area (Å²) < 4.78 is 78.9. The Morgan fingerprint density at radius 2 is 1.00 bits per heavy atom. The van der Waals surface area contributed by atoms with Gasteiger partial charge in [-0.2, -0.15) is 26.3 Å². The highest BCUT2D eigenvalue weighted by Crippen LogP contribution is 2.28. The number of hydrogen-bond donors (Lipinski definition) is 0. The van der Waals surface area contributed by atoms with Crippen LogP contribution in [-0.2, 0) is 9.59 Å². The Hall–Kier alpha value is -3.64. The van der Waals surface area contributed by atoms with Gasteiger partial charge in [0, 0.05) is 0 Å².